The van der Waals surface area contributed by atoms with Gasteiger partial charge in [0.1, 0.15) is 0 Å². The summed E-state index contributed by atoms with van der Waals surface area (Å²) in [6, 6.07) is -0.0605. The van der Waals surface area contributed by atoms with Gasteiger partial charge in [-0.3, -0.25) is 14.2 Å². The molecule has 1 atom stereocenters. The van der Waals surface area contributed by atoms with E-state index >= 15 is 0 Å². The maximum Gasteiger partial charge on any atom is 0.330 e. The van der Waals surface area contributed by atoms with Gasteiger partial charge in [0.05, 0.1) is 6.04 Å². The number of nitrogens with one attached hydrogen (secondary N) is 2. The average Bonchev–Trinajstić information content (AvgIpc) is 3.22. The van der Waals surface area contributed by atoms with Crippen molar-refractivity contribution in [2.45, 2.75) is 38.4 Å². The number of carbonyl (C=O) groups is 1. The van der Waals surface area contributed by atoms with Gasteiger partial charge in [-0.25, -0.2) is 4.79 Å². The third-order valence-electron chi connectivity index (χ3n) is 3.43. The monoisotopic (exact) mass is 280 g/mol. The van der Waals surface area contributed by atoms with Crippen molar-refractivity contribution >= 4 is 5.91 Å². The van der Waals surface area contributed by atoms with Crippen LogP contribution in [-0.4, -0.2) is 27.1 Å². The van der Waals surface area contributed by atoms with Crippen LogP contribution in [0.2, 0.25) is 0 Å². The molecular formula is C13H20N4O3. The summed E-state index contributed by atoms with van der Waals surface area (Å²) < 4.78 is 2.42. The molecule has 0 saturated heterocycles. The van der Waals surface area contributed by atoms with Gasteiger partial charge in [0.2, 0.25) is 5.91 Å². The molecule has 1 fully saturated rings. The molecule has 0 aliphatic heterocycles. The first-order valence-electron chi connectivity index (χ1n) is 6.69. The number of hydrogen-bond donors (Lipinski definition) is 2. The van der Waals surface area contributed by atoms with Gasteiger partial charge < -0.3 is 15.2 Å². The second-order valence-electron chi connectivity index (χ2n) is 5.30. The van der Waals surface area contributed by atoms with E-state index in [9.17, 15) is 14.4 Å². The zero-order valence-electron chi connectivity index (χ0n) is 12.0. The van der Waals surface area contributed by atoms with Crippen molar-refractivity contribution in [3.63, 3.8) is 0 Å². The second kappa shape index (κ2) is 5.62. The maximum atomic E-state index is 11.9. The lowest BCUT2D eigenvalue weighted by Crippen LogP contribution is -2.44. The number of aromatic nitrogens is 2. The van der Waals surface area contributed by atoms with E-state index in [-0.39, 0.29) is 29.7 Å². The van der Waals surface area contributed by atoms with Crippen molar-refractivity contribution in [1.29, 1.82) is 0 Å². The lowest BCUT2D eigenvalue weighted by molar-refractivity contribution is -0.122. The largest absolute Gasteiger partial charge is 0.352 e. The summed E-state index contributed by atoms with van der Waals surface area (Å²) in [6.07, 6.45) is 3.59. The van der Waals surface area contributed by atoms with Crippen LogP contribution >= 0.6 is 0 Å². The summed E-state index contributed by atoms with van der Waals surface area (Å²) in [5.41, 5.74) is -0.241. The predicted molar refractivity (Wildman–Crippen MR) is 74.4 cm³/mol. The Balaban J connectivity index is 2.01. The van der Waals surface area contributed by atoms with Crippen LogP contribution in [0.3, 0.4) is 0 Å². The SMILES string of the molecule is CC(NCc1cn(C)c(=O)n(C)c1=O)C(=O)NC1CC1. The first-order chi connectivity index (χ1) is 9.40. The lowest BCUT2D eigenvalue weighted by Gasteiger charge is -2.14. The van der Waals surface area contributed by atoms with Crippen molar-refractivity contribution in [3.8, 4) is 0 Å². The summed E-state index contributed by atoms with van der Waals surface area (Å²) in [7, 11) is 3.03. The van der Waals surface area contributed by atoms with Crippen LogP contribution < -0.4 is 21.9 Å². The third-order valence-corrected chi connectivity index (χ3v) is 3.43. The zero-order chi connectivity index (χ0) is 14.9. The zero-order valence-corrected chi connectivity index (χ0v) is 12.0. The van der Waals surface area contributed by atoms with Gasteiger partial charge in [-0.1, -0.05) is 0 Å². The van der Waals surface area contributed by atoms with Crippen molar-refractivity contribution in [2.24, 2.45) is 14.1 Å². The molecule has 0 bridgehead atoms. The summed E-state index contributed by atoms with van der Waals surface area (Å²) in [4.78, 5) is 35.3. The number of carbonyl (C=O) groups excluding carboxylic acids is 1. The highest BCUT2D eigenvalue weighted by atomic mass is 16.2. The van der Waals surface area contributed by atoms with Gasteiger partial charge in [0.25, 0.3) is 5.56 Å². The second-order valence-corrected chi connectivity index (χ2v) is 5.30. The fourth-order valence-corrected chi connectivity index (χ4v) is 1.91. The molecule has 2 rings (SSSR count). The van der Waals surface area contributed by atoms with E-state index in [1.54, 1.807) is 14.0 Å². The van der Waals surface area contributed by atoms with E-state index in [2.05, 4.69) is 10.6 Å². The van der Waals surface area contributed by atoms with E-state index in [1.165, 1.54) is 17.8 Å². The minimum Gasteiger partial charge on any atom is -0.352 e. The third kappa shape index (κ3) is 3.16. The van der Waals surface area contributed by atoms with Crippen LogP contribution in [0.1, 0.15) is 25.3 Å². The molecule has 1 unspecified atom stereocenters. The van der Waals surface area contributed by atoms with Crippen molar-refractivity contribution < 1.29 is 4.79 Å². The van der Waals surface area contributed by atoms with Gasteiger partial charge >= 0.3 is 5.69 Å². The average molecular weight is 280 g/mol. The van der Waals surface area contributed by atoms with E-state index in [1.807, 2.05) is 0 Å². The van der Waals surface area contributed by atoms with E-state index in [0.29, 0.717) is 11.6 Å². The number of amides is 1. The summed E-state index contributed by atoms with van der Waals surface area (Å²) in [6.45, 7) is 2.00. The molecule has 1 aliphatic carbocycles. The van der Waals surface area contributed by atoms with E-state index in [0.717, 1.165) is 17.4 Å². The molecule has 0 aromatic carbocycles. The van der Waals surface area contributed by atoms with Crippen LogP contribution in [0.5, 0.6) is 0 Å². The number of rotatable bonds is 5. The first-order valence-corrected chi connectivity index (χ1v) is 6.69. The van der Waals surface area contributed by atoms with Crippen LogP contribution in [0.15, 0.2) is 15.8 Å². The predicted octanol–water partition coefficient (Wildman–Crippen LogP) is -1.16. The maximum absolute atomic E-state index is 11.9. The highest BCUT2D eigenvalue weighted by molar-refractivity contribution is 5.81. The van der Waals surface area contributed by atoms with Crippen LogP contribution in [0.25, 0.3) is 0 Å². The number of nitrogens with zero attached hydrogens (tertiary/aromatic N) is 2. The molecule has 1 heterocycles. The normalized spacial score (nSPS) is 15.9. The lowest BCUT2D eigenvalue weighted by atomic mass is 10.2. The van der Waals surface area contributed by atoms with Gasteiger partial charge in [-0.2, -0.15) is 0 Å². The molecule has 2 N–H and O–H groups in total. The molecule has 0 spiro atoms. The molecule has 7 nitrogen and oxygen atoms in total. The van der Waals surface area contributed by atoms with Gasteiger partial charge in [0, 0.05) is 38.4 Å². The Kier molecular flexibility index (Phi) is 4.08. The number of hydrogen-bond acceptors (Lipinski definition) is 4. The highest BCUT2D eigenvalue weighted by Crippen LogP contribution is 2.18. The molecule has 0 radical (unpaired) electrons. The molecule has 1 saturated carbocycles. The minimum absolute atomic E-state index is 0.0610. The Hall–Kier alpha value is -1.89. The topological polar surface area (TPSA) is 85.1 Å². The van der Waals surface area contributed by atoms with Gasteiger partial charge in [-0.05, 0) is 19.8 Å². The highest BCUT2D eigenvalue weighted by Gasteiger charge is 2.25. The fraction of sp³-hybridized carbons (Fsp3) is 0.615. The molecule has 1 aromatic rings. The van der Waals surface area contributed by atoms with Crippen LogP contribution in [0, 0.1) is 0 Å². The Morgan fingerprint density at radius 2 is 2.05 bits per heavy atom. The Morgan fingerprint density at radius 1 is 1.40 bits per heavy atom. The summed E-state index contributed by atoms with van der Waals surface area (Å²) in [5, 5.41) is 5.90. The van der Waals surface area contributed by atoms with E-state index < -0.39 is 0 Å². The smallest absolute Gasteiger partial charge is 0.330 e. The summed E-state index contributed by atoms with van der Waals surface area (Å²) in [5.74, 6) is -0.0610. The van der Waals surface area contributed by atoms with Crippen molar-refractivity contribution in [1.82, 2.24) is 19.8 Å². The molecule has 1 aromatic heterocycles. The van der Waals surface area contributed by atoms with Gasteiger partial charge in [-0.15, -0.1) is 0 Å². The van der Waals surface area contributed by atoms with Crippen molar-refractivity contribution in [2.75, 3.05) is 0 Å². The number of aryl methyl sites for hydroxylation is 1. The first kappa shape index (κ1) is 14.5. The van der Waals surface area contributed by atoms with Crippen LogP contribution in [-0.2, 0) is 25.4 Å². The summed E-state index contributed by atoms with van der Waals surface area (Å²) >= 11 is 0. The fourth-order valence-electron chi connectivity index (χ4n) is 1.91. The molecule has 20 heavy (non-hydrogen) atoms. The standard InChI is InChI=1S/C13H20N4O3/c1-8(11(18)15-10-4-5-10)14-6-9-7-16(2)13(20)17(3)12(9)19/h7-8,10,14H,4-6H2,1-3H3,(H,15,18). The van der Waals surface area contributed by atoms with Gasteiger partial charge in [0.15, 0.2) is 0 Å². The molecular weight excluding hydrogens is 260 g/mol. The van der Waals surface area contributed by atoms with Crippen LogP contribution in [0.4, 0.5) is 0 Å². The minimum atomic E-state index is -0.377. The molecule has 7 heteroatoms. The quantitative estimate of drug-likeness (QED) is 0.712. The van der Waals surface area contributed by atoms with Crippen molar-refractivity contribution in [3.05, 3.63) is 32.6 Å². The molecule has 110 valence electrons. The Labute approximate surface area is 116 Å². The molecule has 1 aliphatic rings. The molecule has 1 amide bonds. The Bertz CT molecular complexity index is 627. The van der Waals surface area contributed by atoms with E-state index in [4.69, 9.17) is 0 Å². The Morgan fingerprint density at radius 3 is 2.65 bits per heavy atom.